The van der Waals surface area contributed by atoms with Gasteiger partial charge in [-0.15, -0.1) is 4.36 Å². The zero-order valence-electron chi connectivity index (χ0n) is 17.8. The maximum Gasteiger partial charge on any atom is 0.353 e. The molecule has 2 amide bonds. The van der Waals surface area contributed by atoms with Crippen LogP contribution >= 0.6 is 0 Å². The summed E-state index contributed by atoms with van der Waals surface area (Å²) in [6.07, 6.45) is 0.684. The number of thiol groups is 1. The first-order valence-electron chi connectivity index (χ1n) is 9.65. The minimum atomic E-state index is -2.58. The molecule has 1 saturated heterocycles. The molecule has 2 rings (SSSR count). The number of allylic oxidation sites excluding steroid dienone is 1. The predicted molar refractivity (Wildman–Crippen MR) is 116 cm³/mol. The number of ether oxygens (including phenoxy) is 2. The monoisotopic (exact) mass is 440 g/mol. The van der Waals surface area contributed by atoms with Gasteiger partial charge in [-0.05, 0) is 35.1 Å². The van der Waals surface area contributed by atoms with E-state index >= 15 is 0 Å². The number of hydrogen-bond donors (Lipinski definition) is 4. The second-order valence-corrected chi connectivity index (χ2v) is 8.71. The molecule has 1 aromatic rings. The fourth-order valence-electron chi connectivity index (χ4n) is 2.99. The van der Waals surface area contributed by atoms with E-state index in [4.69, 9.17) is 14.9 Å². The third kappa shape index (κ3) is 5.79. The second kappa shape index (κ2) is 10.5. The Kier molecular flexibility index (Phi) is 8.36. The molecule has 1 unspecified atom stereocenters. The number of amides is 2. The van der Waals surface area contributed by atoms with Gasteiger partial charge < -0.3 is 25.5 Å². The van der Waals surface area contributed by atoms with Crippen molar-refractivity contribution >= 4 is 28.5 Å². The SMILES string of the molecule is CO[C@H]1CN/C(=C(\C=N)[SH](=O)=NC(=O)Nc2c(C(C)C)cc(F)cc2C(C)C)OC1. The highest BCUT2D eigenvalue weighted by molar-refractivity contribution is 7.80. The van der Waals surface area contributed by atoms with Gasteiger partial charge in [0.15, 0.2) is 0 Å². The van der Waals surface area contributed by atoms with Crippen LogP contribution in [0.3, 0.4) is 0 Å². The number of nitrogens with one attached hydrogen (secondary N) is 3. The van der Waals surface area contributed by atoms with Gasteiger partial charge in [-0.1, -0.05) is 27.7 Å². The Morgan fingerprint density at radius 1 is 1.37 bits per heavy atom. The number of benzene rings is 1. The molecule has 3 N–H and O–H groups in total. The Bertz CT molecular complexity index is 884. The molecule has 166 valence electrons. The van der Waals surface area contributed by atoms with Crippen LogP contribution in [0.2, 0.25) is 0 Å². The van der Waals surface area contributed by atoms with E-state index in [1.165, 1.54) is 12.1 Å². The zero-order chi connectivity index (χ0) is 22.4. The van der Waals surface area contributed by atoms with Crippen molar-refractivity contribution in [3.05, 3.63) is 39.9 Å². The summed E-state index contributed by atoms with van der Waals surface area (Å²) in [5.41, 5.74) is 1.73. The largest absolute Gasteiger partial charge is 0.475 e. The summed E-state index contributed by atoms with van der Waals surface area (Å²) in [6, 6.07) is 1.92. The van der Waals surface area contributed by atoms with E-state index in [0.717, 1.165) is 6.21 Å². The van der Waals surface area contributed by atoms with Crippen LogP contribution in [0.4, 0.5) is 14.9 Å². The van der Waals surface area contributed by atoms with Gasteiger partial charge in [-0.2, -0.15) is 0 Å². The van der Waals surface area contributed by atoms with E-state index in [1.54, 1.807) is 7.11 Å². The van der Waals surface area contributed by atoms with Crippen LogP contribution < -0.4 is 10.6 Å². The average Bonchev–Trinajstić information content (AvgIpc) is 2.69. The van der Waals surface area contributed by atoms with Crippen LogP contribution in [0.25, 0.3) is 0 Å². The van der Waals surface area contributed by atoms with Gasteiger partial charge in [-0.25, -0.2) is 13.4 Å². The minimum Gasteiger partial charge on any atom is -0.475 e. The lowest BCUT2D eigenvalue weighted by atomic mass is 9.92. The van der Waals surface area contributed by atoms with E-state index in [0.29, 0.717) is 23.4 Å². The standard InChI is InChI=1S/C20H29FN4O4S/c1-11(2)15-6-13(21)7-16(12(3)4)18(15)24-20(26)25-30(27)17(8-22)19-23-9-14(28-5)10-29-19/h6-8,11-12,14,22-23,30H,9-10H2,1-5H3,(H,24,26)/b19-17-,22-8?/t14-/m0/s1. The van der Waals surface area contributed by atoms with E-state index in [2.05, 4.69) is 15.0 Å². The van der Waals surface area contributed by atoms with E-state index in [9.17, 15) is 13.4 Å². The Morgan fingerprint density at radius 2 is 1.97 bits per heavy atom. The van der Waals surface area contributed by atoms with E-state index in [-0.39, 0.29) is 41.2 Å². The molecular formula is C20H29FN4O4S. The van der Waals surface area contributed by atoms with Crippen LogP contribution in [0, 0.1) is 11.2 Å². The third-order valence-corrected chi connectivity index (χ3v) is 5.74. The van der Waals surface area contributed by atoms with Crippen molar-refractivity contribution in [1.29, 1.82) is 5.41 Å². The van der Waals surface area contributed by atoms with Crippen molar-refractivity contribution in [1.82, 2.24) is 5.32 Å². The minimum absolute atomic E-state index is 0.0259. The van der Waals surface area contributed by atoms with Crippen LogP contribution in [0.15, 0.2) is 27.3 Å². The Labute approximate surface area is 177 Å². The molecule has 0 aliphatic carbocycles. The molecule has 2 atom stereocenters. The molecule has 1 aliphatic rings. The van der Waals surface area contributed by atoms with Crippen molar-refractivity contribution in [2.45, 2.75) is 45.6 Å². The van der Waals surface area contributed by atoms with Crippen LogP contribution in [-0.2, 0) is 20.1 Å². The number of hydrogen-bond acceptors (Lipinski definition) is 6. The first kappa shape index (κ1) is 23.8. The third-order valence-electron chi connectivity index (χ3n) is 4.63. The van der Waals surface area contributed by atoms with Crippen molar-refractivity contribution in [3.63, 3.8) is 0 Å². The summed E-state index contributed by atoms with van der Waals surface area (Å²) < 4.78 is 41.0. The fourth-order valence-corrected chi connectivity index (χ4v) is 3.74. The molecule has 0 bridgehead atoms. The topological polar surface area (TPSA) is 113 Å². The normalized spacial score (nSPS) is 19.3. The number of rotatable bonds is 6. The Morgan fingerprint density at radius 3 is 2.40 bits per heavy atom. The zero-order valence-corrected chi connectivity index (χ0v) is 18.7. The average molecular weight is 441 g/mol. The quantitative estimate of drug-likeness (QED) is 0.398. The molecule has 0 radical (unpaired) electrons. The summed E-state index contributed by atoms with van der Waals surface area (Å²) >= 11 is 0. The number of urea groups is 1. The smallest absolute Gasteiger partial charge is 0.353 e. The highest BCUT2D eigenvalue weighted by Crippen LogP contribution is 2.33. The Balaban J connectivity index is 2.33. The molecule has 1 heterocycles. The van der Waals surface area contributed by atoms with Crippen molar-refractivity contribution < 1.29 is 22.9 Å². The number of nitrogens with zero attached hydrogens (tertiary/aromatic N) is 1. The van der Waals surface area contributed by atoms with Gasteiger partial charge in [0.1, 0.15) is 23.4 Å². The summed E-state index contributed by atoms with van der Waals surface area (Å²) in [6.45, 7) is 8.22. The fraction of sp³-hybridized carbons (Fsp3) is 0.500. The highest BCUT2D eigenvalue weighted by atomic mass is 32.2. The van der Waals surface area contributed by atoms with Crippen LogP contribution in [0.1, 0.15) is 50.7 Å². The second-order valence-electron chi connectivity index (χ2n) is 7.48. The molecule has 1 aliphatic heterocycles. The number of methoxy groups -OCH3 is 1. The number of anilines is 1. The number of carbonyl (C=O) groups is 1. The number of carbonyl (C=O) groups excluding carboxylic acids is 1. The van der Waals surface area contributed by atoms with Gasteiger partial charge in [0.05, 0.1) is 10.6 Å². The maximum atomic E-state index is 14.0. The summed E-state index contributed by atoms with van der Waals surface area (Å²) in [5, 5.41) is 13.1. The molecule has 0 aromatic heterocycles. The summed E-state index contributed by atoms with van der Waals surface area (Å²) in [4.78, 5) is 12.5. The number of halogens is 1. The lowest BCUT2D eigenvalue weighted by molar-refractivity contribution is 0.00304. The molecule has 1 fully saturated rings. The maximum absolute atomic E-state index is 14.0. The Hall–Kier alpha value is -2.46. The lowest BCUT2D eigenvalue weighted by Crippen LogP contribution is -2.39. The van der Waals surface area contributed by atoms with Gasteiger partial charge in [-0.3, -0.25) is 0 Å². The van der Waals surface area contributed by atoms with Crippen LogP contribution in [-0.4, -0.2) is 42.8 Å². The van der Waals surface area contributed by atoms with Crippen molar-refractivity contribution in [2.75, 3.05) is 25.6 Å². The van der Waals surface area contributed by atoms with Crippen molar-refractivity contribution in [3.8, 4) is 0 Å². The van der Waals surface area contributed by atoms with Gasteiger partial charge >= 0.3 is 6.03 Å². The molecule has 0 saturated carbocycles. The molecule has 10 heteroatoms. The lowest BCUT2D eigenvalue weighted by Gasteiger charge is -2.25. The summed E-state index contributed by atoms with van der Waals surface area (Å²) in [5.74, 6) is -0.331. The van der Waals surface area contributed by atoms with Crippen molar-refractivity contribution in [2.24, 2.45) is 4.36 Å². The van der Waals surface area contributed by atoms with E-state index in [1.807, 2.05) is 27.7 Å². The highest BCUT2D eigenvalue weighted by Gasteiger charge is 2.21. The molecular weight excluding hydrogens is 411 g/mol. The first-order chi connectivity index (χ1) is 14.2. The molecule has 1 aromatic carbocycles. The predicted octanol–water partition coefficient (Wildman–Crippen LogP) is 3.72. The van der Waals surface area contributed by atoms with Gasteiger partial charge in [0, 0.05) is 25.6 Å². The van der Waals surface area contributed by atoms with Gasteiger partial charge in [0.2, 0.25) is 5.88 Å². The molecule has 0 spiro atoms. The van der Waals surface area contributed by atoms with E-state index < -0.39 is 16.6 Å². The van der Waals surface area contributed by atoms with Gasteiger partial charge in [0.25, 0.3) is 0 Å². The first-order valence-corrected chi connectivity index (χ1v) is 10.9. The molecule has 8 nitrogen and oxygen atoms in total. The van der Waals surface area contributed by atoms with Crippen LogP contribution in [0.5, 0.6) is 0 Å². The summed E-state index contributed by atoms with van der Waals surface area (Å²) in [7, 11) is -1.03. The molecule has 30 heavy (non-hydrogen) atoms.